The fourth-order valence-corrected chi connectivity index (χ4v) is 2.15. The molecule has 0 bridgehead atoms. The lowest BCUT2D eigenvalue weighted by Gasteiger charge is -2.22. The zero-order valence-electron chi connectivity index (χ0n) is 10.0. The molecular formula is C12H20O4. The summed E-state index contributed by atoms with van der Waals surface area (Å²) in [5.74, 6) is -0.816. The highest BCUT2D eigenvalue weighted by atomic mass is 16.6. The highest BCUT2D eigenvalue weighted by molar-refractivity contribution is 5.74. The molecule has 16 heavy (non-hydrogen) atoms. The summed E-state index contributed by atoms with van der Waals surface area (Å²) in [6.45, 7) is 3.55. The van der Waals surface area contributed by atoms with Gasteiger partial charge in [0.05, 0.1) is 12.5 Å². The van der Waals surface area contributed by atoms with Crippen molar-refractivity contribution in [3.05, 3.63) is 0 Å². The Morgan fingerprint density at radius 1 is 1.19 bits per heavy atom. The van der Waals surface area contributed by atoms with Crippen LogP contribution in [0.25, 0.3) is 0 Å². The Balaban J connectivity index is 2.64. The van der Waals surface area contributed by atoms with Gasteiger partial charge in [0, 0.05) is 6.92 Å². The van der Waals surface area contributed by atoms with Crippen LogP contribution in [0.1, 0.15) is 46.0 Å². The van der Waals surface area contributed by atoms with Gasteiger partial charge in [-0.1, -0.05) is 12.8 Å². The van der Waals surface area contributed by atoms with E-state index in [9.17, 15) is 9.59 Å². The number of ether oxygens (including phenoxy) is 2. The fourth-order valence-electron chi connectivity index (χ4n) is 2.15. The Morgan fingerprint density at radius 3 is 2.50 bits per heavy atom. The van der Waals surface area contributed by atoms with Crippen LogP contribution in [0.3, 0.4) is 0 Å². The van der Waals surface area contributed by atoms with Crippen LogP contribution in [-0.2, 0) is 19.1 Å². The summed E-state index contributed by atoms with van der Waals surface area (Å²) in [5.41, 5.74) is 0. The molecule has 1 saturated carbocycles. The molecule has 0 heterocycles. The fraction of sp³-hybridized carbons (Fsp3) is 0.833. The van der Waals surface area contributed by atoms with E-state index < -0.39 is 0 Å². The summed E-state index contributed by atoms with van der Waals surface area (Å²) < 4.78 is 10.2. The molecule has 1 aliphatic rings. The van der Waals surface area contributed by atoms with Gasteiger partial charge in [-0.15, -0.1) is 0 Å². The van der Waals surface area contributed by atoms with E-state index >= 15 is 0 Å². The normalized spacial score (nSPS) is 25.6. The van der Waals surface area contributed by atoms with Crippen LogP contribution in [0.15, 0.2) is 0 Å². The first-order valence-corrected chi connectivity index (χ1v) is 5.99. The lowest BCUT2D eigenvalue weighted by molar-refractivity contribution is -0.160. The SMILES string of the molecule is CCOC(=O)[C@H]1CCCCC[C@H]1OC(C)=O. The van der Waals surface area contributed by atoms with Gasteiger partial charge in [-0.2, -0.15) is 0 Å². The van der Waals surface area contributed by atoms with Crippen molar-refractivity contribution >= 4 is 11.9 Å². The minimum Gasteiger partial charge on any atom is -0.466 e. The van der Waals surface area contributed by atoms with Crippen LogP contribution in [0.5, 0.6) is 0 Å². The van der Waals surface area contributed by atoms with Gasteiger partial charge in [0.1, 0.15) is 6.10 Å². The molecular weight excluding hydrogens is 208 g/mol. The van der Waals surface area contributed by atoms with Crippen molar-refractivity contribution < 1.29 is 19.1 Å². The highest BCUT2D eigenvalue weighted by Gasteiger charge is 2.32. The molecule has 0 aliphatic heterocycles. The summed E-state index contributed by atoms with van der Waals surface area (Å²) in [4.78, 5) is 22.7. The van der Waals surface area contributed by atoms with Gasteiger partial charge in [0.15, 0.2) is 0 Å². The minimum atomic E-state index is -0.318. The minimum absolute atomic E-state index is 0.226. The molecule has 1 aliphatic carbocycles. The van der Waals surface area contributed by atoms with Crippen molar-refractivity contribution in [2.45, 2.75) is 52.1 Å². The number of carbonyl (C=O) groups excluding carboxylic acids is 2. The molecule has 0 aromatic rings. The van der Waals surface area contributed by atoms with E-state index in [0.717, 1.165) is 32.1 Å². The third-order valence-corrected chi connectivity index (χ3v) is 2.86. The first-order chi connectivity index (χ1) is 7.65. The van der Waals surface area contributed by atoms with Crippen LogP contribution in [-0.4, -0.2) is 24.6 Å². The summed E-state index contributed by atoms with van der Waals surface area (Å²) in [6, 6.07) is 0. The molecule has 4 nitrogen and oxygen atoms in total. The zero-order chi connectivity index (χ0) is 12.0. The quantitative estimate of drug-likeness (QED) is 0.548. The maximum atomic E-state index is 11.7. The summed E-state index contributed by atoms with van der Waals surface area (Å²) in [5, 5.41) is 0. The van der Waals surface area contributed by atoms with E-state index in [1.165, 1.54) is 6.92 Å². The van der Waals surface area contributed by atoms with Crippen LogP contribution in [0, 0.1) is 5.92 Å². The first-order valence-electron chi connectivity index (χ1n) is 5.99. The Labute approximate surface area is 96.3 Å². The number of hydrogen-bond acceptors (Lipinski definition) is 4. The van der Waals surface area contributed by atoms with E-state index in [1.807, 2.05) is 0 Å². The predicted molar refractivity (Wildman–Crippen MR) is 58.8 cm³/mol. The molecule has 0 unspecified atom stereocenters. The molecule has 4 heteroatoms. The van der Waals surface area contributed by atoms with E-state index in [1.54, 1.807) is 6.92 Å². The van der Waals surface area contributed by atoms with Crippen molar-refractivity contribution in [3.8, 4) is 0 Å². The third-order valence-electron chi connectivity index (χ3n) is 2.86. The molecule has 0 amide bonds. The summed E-state index contributed by atoms with van der Waals surface area (Å²) >= 11 is 0. The molecule has 0 spiro atoms. The molecule has 0 saturated heterocycles. The smallest absolute Gasteiger partial charge is 0.312 e. The summed E-state index contributed by atoms with van der Waals surface area (Å²) in [6.07, 6.45) is 4.34. The predicted octanol–water partition coefficient (Wildman–Crippen LogP) is 2.06. The van der Waals surface area contributed by atoms with E-state index in [4.69, 9.17) is 9.47 Å². The van der Waals surface area contributed by atoms with Crippen LogP contribution in [0.2, 0.25) is 0 Å². The molecule has 0 aromatic carbocycles. The molecule has 1 rings (SSSR count). The second-order valence-corrected chi connectivity index (χ2v) is 4.14. The Hall–Kier alpha value is -1.06. The molecule has 0 N–H and O–H groups in total. The maximum absolute atomic E-state index is 11.7. The molecule has 2 atom stereocenters. The van der Waals surface area contributed by atoms with Gasteiger partial charge in [-0.25, -0.2) is 0 Å². The Morgan fingerprint density at radius 2 is 1.88 bits per heavy atom. The topological polar surface area (TPSA) is 52.6 Å². The number of hydrogen-bond donors (Lipinski definition) is 0. The lowest BCUT2D eigenvalue weighted by atomic mass is 9.97. The third kappa shape index (κ3) is 3.83. The Bertz CT molecular complexity index is 249. The van der Waals surface area contributed by atoms with E-state index in [0.29, 0.717) is 6.61 Å². The zero-order valence-corrected chi connectivity index (χ0v) is 10.0. The average molecular weight is 228 g/mol. The maximum Gasteiger partial charge on any atom is 0.312 e. The molecule has 0 aromatic heterocycles. The van der Waals surface area contributed by atoms with Gasteiger partial charge in [-0.3, -0.25) is 9.59 Å². The van der Waals surface area contributed by atoms with E-state index in [-0.39, 0.29) is 24.0 Å². The second kappa shape index (κ2) is 6.51. The molecule has 92 valence electrons. The average Bonchev–Trinajstić information content (AvgIpc) is 2.43. The Kier molecular flexibility index (Phi) is 5.29. The van der Waals surface area contributed by atoms with Crippen LogP contribution >= 0.6 is 0 Å². The van der Waals surface area contributed by atoms with Gasteiger partial charge >= 0.3 is 11.9 Å². The van der Waals surface area contributed by atoms with Crippen molar-refractivity contribution in [1.29, 1.82) is 0 Å². The van der Waals surface area contributed by atoms with Crippen LogP contribution in [0.4, 0.5) is 0 Å². The first kappa shape index (κ1) is 13.0. The van der Waals surface area contributed by atoms with Crippen molar-refractivity contribution in [2.24, 2.45) is 5.92 Å². The second-order valence-electron chi connectivity index (χ2n) is 4.14. The van der Waals surface area contributed by atoms with Gasteiger partial charge in [0.25, 0.3) is 0 Å². The molecule has 0 radical (unpaired) electrons. The highest BCUT2D eigenvalue weighted by Crippen LogP contribution is 2.27. The van der Waals surface area contributed by atoms with Gasteiger partial charge in [-0.05, 0) is 26.2 Å². The molecule has 1 fully saturated rings. The largest absolute Gasteiger partial charge is 0.466 e. The van der Waals surface area contributed by atoms with E-state index in [2.05, 4.69) is 0 Å². The number of rotatable bonds is 3. The van der Waals surface area contributed by atoms with Crippen LogP contribution < -0.4 is 0 Å². The monoisotopic (exact) mass is 228 g/mol. The van der Waals surface area contributed by atoms with Crippen molar-refractivity contribution in [1.82, 2.24) is 0 Å². The van der Waals surface area contributed by atoms with Gasteiger partial charge < -0.3 is 9.47 Å². The van der Waals surface area contributed by atoms with Gasteiger partial charge in [0.2, 0.25) is 0 Å². The number of esters is 2. The standard InChI is InChI=1S/C12H20O4/c1-3-15-12(14)10-7-5-4-6-8-11(10)16-9(2)13/h10-11H,3-8H2,1-2H3/t10-,11+/m0/s1. The van der Waals surface area contributed by atoms with Crippen molar-refractivity contribution in [2.75, 3.05) is 6.61 Å². The number of carbonyl (C=O) groups is 2. The lowest BCUT2D eigenvalue weighted by Crippen LogP contribution is -2.32. The summed E-state index contributed by atoms with van der Waals surface area (Å²) in [7, 11) is 0. The van der Waals surface area contributed by atoms with Crippen molar-refractivity contribution in [3.63, 3.8) is 0 Å².